The van der Waals surface area contributed by atoms with Gasteiger partial charge in [0, 0.05) is 6.54 Å². The van der Waals surface area contributed by atoms with Crippen LogP contribution in [-0.4, -0.2) is 27.6 Å². The van der Waals surface area contributed by atoms with E-state index in [-0.39, 0.29) is 11.8 Å². The van der Waals surface area contributed by atoms with Crippen molar-refractivity contribution in [3.63, 3.8) is 0 Å². The molecule has 0 aliphatic heterocycles. The SMILES string of the molecule is CC#CC(=O)NCC(c1ccccc1)c1ncn[nH]1. The molecule has 0 bridgehead atoms. The van der Waals surface area contributed by atoms with Crippen LogP contribution in [0.15, 0.2) is 36.7 Å². The Kier molecular flexibility index (Phi) is 4.29. The van der Waals surface area contributed by atoms with Crippen LogP contribution in [0.25, 0.3) is 0 Å². The molecule has 0 aliphatic rings. The monoisotopic (exact) mass is 254 g/mol. The molecule has 5 nitrogen and oxygen atoms in total. The topological polar surface area (TPSA) is 70.7 Å². The third-order valence-electron chi connectivity index (χ3n) is 2.67. The summed E-state index contributed by atoms with van der Waals surface area (Å²) in [6.45, 7) is 2.05. The van der Waals surface area contributed by atoms with Gasteiger partial charge in [0.05, 0.1) is 5.92 Å². The van der Waals surface area contributed by atoms with Crippen molar-refractivity contribution < 1.29 is 4.79 Å². The maximum atomic E-state index is 11.4. The number of hydrogen-bond donors (Lipinski definition) is 2. The van der Waals surface area contributed by atoms with Crippen LogP contribution in [-0.2, 0) is 4.79 Å². The van der Waals surface area contributed by atoms with Gasteiger partial charge < -0.3 is 5.32 Å². The van der Waals surface area contributed by atoms with Crippen LogP contribution in [0.3, 0.4) is 0 Å². The Hall–Kier alpha value is -2.61. The van der Waals surface area contributed by atoms with Crippen LogP contribution in [0, 0.1) is 11.8 Å². The predicted molar refractivity (Wildman–Crippen MR) is 71.1 cm³/mol. The van der Waals surface area contributed by atoms with E-state index >= 15 is 0 Å². The molecule has 5 heteroatoms. The Morgan fingerprint density at radius 1 is 1.42 bits per heavy atom. The maximum Gasteiger partial charge on any atom is 0.295 e. The van der Waals surface area contributed by atoms with Crippen molar-refractivity contribution in [3.8, 4) is 11.8 Å². The number of benzene rings is 1. The van der Waals surface area contributed by atoms with E-state index in [4.69, 9.17) is 0 Å². The molecule has 2 rings (SSSR count). The molecule has 0 saturated carbocycles. The molecule has 0 fully saturated rings. The fourth-order valence-corrected chi connectivity index (χ4v) is 1.79. The zero-order valence-electron chi connectivity index (χ0n) is 10.6. The number of nitrogens with one attached hydrogen (secondary N) is 2. The minimum absolute atomic E-state index is 0.0636. The number of nitrogens with zero attached hydrogens (tertiary/aromatic N) is 2. The molecule has 96 valence electrons. The summed E-state index contributed by atoms with van der Waals surface area (Å²) < 4.78 is 0. The van der Waals surface area contributed by atoms with Gasteiger partial charge in [-0.3, -0.25) is 9.89 Å². The highest BCUT2D eigenvalue weighted by molar-refractivity contribution is 5.93. The highest BCUT2D eigenvalue weighted by Gasteiger charge is 2.17. The molecule has 1 amide bonds. The summed E-state index contributed by atoms with van der Waals surface area (Å²) in [6, 6.07) is 9.83. The molecule has 1 atom stereocenters. The lowest BCUT2D eigenvalue weighted by atomic mass is 9.98. The van der Waals surface area contributed by atoms with Gasteiger partial charge in [0.25, 0.3) is 5.91 Å². The summed E-state index contributed by atoms with van der Waals surface area (Å²) >= 11 is 0. The molecule has 1 heterocycles. The molecule has 1 aromatic heterocycles. The predicted octanol–water partition coefficient (Wildman–Crippen LogP) is 1.08. The van der Waals surface area contributed by atoms with Crippen molar-refractivity contribution in [1.82, 2.24) is 20.5 Å². The van der Waals surface area contributed by atoms with Crippen LogP contribution in [0.5, 0.6) is 0 Å². The molecule has 0 saturated heterocycles. The van der Waals surface area contributed by atoms with Gasteiger partial charge in [0.15, 0.2) is 0 Å². The van der Waals surface area contributed by atoms with Gasteiger partial charge in [0.1, 0.15) is 12.2 Å². The molecule has 19 heavy (non-hydrogen) atoms. The summed E-state index contributed by atoms with van der Waals surface area (Å²) in [5, 5.41) is 9.47. The average Bonchev–Trinajstić information content (AvgIpc) is 2.94. The van der Waals surface area contributed by atoms with E-state index in [0.29, 0.717) is 6.54 Å². The lowest BCUT2D eigenvalue weighted by Gasteiger charge is -2.14. The number of hydrogen-bond acceptors (Lipinski definition) is 3. The summed E-state index contributed by atoms with van der Waals surface area (Å²) in [6.07, 6.45) is 1.46. The third kappa shape index (κ3) is 3.42. The number of H-pyrrole nitrogens is 1. The number of rotatable bonds is 4. The molecule has 0 radical (unpaired) electrons. The second kappa shape index (κ2) is 6.36. The molecular weight excluding hydrogens is 240 g/mol. The van der Waals surface area contributed by atoms with Gasteiger partial charge in [-0.25, -0.2) is 4.98 Å². The van der Waals surface area contributed by atoms with E-state index < -0.39 is 0 Å². The Balaban J connectivity index is 2.16. The fourth-order valence-electron chi connectivity index (χ4n) is 1.79. The first-order valence-corrected chi connectivity index (χ1v) is 5.92. The van der Waals surface area contributed by atoms with E-state index in [1.165, 1.54) is 6.33 Å². The number of aromatic nitrogens is 3. The Morgan fingerprint density at radius 2 is 2.21 bits per heavy atom. The second-order valence-electron chi connectivity index (χ2n) is 3.92. The quantitative estimate of drug-likeness (QED) is 0.802. The number of amides is 1. The number of carbonyl (C=O) groups excluding carboxylic acids is 1. The molecular formula is C14H14N4O. The zero-order valence-corrected chi connectivity index (χ0v) is 10.6. The summed E-state index contributed by atoms with van der Waals surface area (Å²) in [5.41, 5.74) is 1.06. The van der Waals surface area contributed by atoms with Crippen LogP contribution >= 0.6 is 0 Å². The standard InChI is InChI=1S/C14H14N4O/c1-2-6-13(19)15-9-12(14-16-10-17-18-14)11-7-4-3-5-8-11/h3-5,7-8,10,12H,9H2,1H3,(H,15,19)(H,16,17,18). The largest absolute Gasteiger partial charge is 0.344 e. The normalized spacial score (nSPS) is 11.2. The van der Waals surface area contributed by atoms with Gasteiger partial charge in [-0.1, -0.05) is 36.3 Å². The molecule has 1 aromatic carbocycles. The first kappa shape index (κ1) is 12.8. The average molecular weight is 254 g/mol. The van der Waals surface area contributed by atoms with E-state index in [9.17, 15) is 4.79 Å². The zero-order chi connectivity index (χ0) is 13.5. The van der Waals surface area contributed by atoms with E-state index in [1.54, 1.807) is 6.92 Å². The van der Waals surface area contributed by atoms with Crippen molar-refractivity contribution >= 4 is 5.91 Å². The van der Waals surface area contributed by atoms with Gasteiger partial charge in [-0.2, -0.15) is 5.10 Å². The van der Waals surface area contributed by atoms with Gasteiger partial charge in [-0.15, -0.1) is 0 Å². The summed E-state index contributed by atoms with van der Waals surface area (Å²) in [7, 11) is 0. The Bertz CT molecular complexity index is 581. The van der Waals surface area contributed by atoms with Crippen molar-refractivity contribution in [2.75, 3.05) is 6.54 Å². The number of aromatic amines is 1. The Morgan fingerprint density at radius 3 is 2.84 bits per heavy atom. The van der Waals surface area contributed by atoms with Gasteiger partial charge in [0.2, 0.25) is 0 Å². The first-order chi connectivity index (χ1) is 9.31. The lowest BCUT2D eigenvalue weighted by Crippen LogP contribution is -2.28. The smallest absolute Gasteiger partial charge is 0.295 e. The van der Waals surface area contributed by atoms with E-state index in [1.807, 2.05) is 30.3 Å². The highest BCUT2D eigenvalue weighted by atomic mass is 16.1. The molecule has 0 spiro atoms. The van der Waals surface area contributed by atoms with E-state index in [0.717, 1.165) is 11.4 Å². The van der Waals surface area contributed by atoms with Crippen molar-refractivity contribution in [2.45, 2.75) is 12.8 Å². The van der Waals surface area contributed by atoms with Crippen molar-refractivity contribution in [1.29, 1.82) is 0 Å². The minimum atomic E-state index is -0.289. The van der Waals surface area contributed by atoms with Crippen LogP contribution in [0.4, 0.5) is 0 Å². The lowest BCUT2D eigenvalue weighted by molar-refractivity contribution is -0.115. The number of carbonyl (C=O) groups is 1. The van der Waals surface area contributed by atoms with Gasteiger partial charge >= 0.3 is 0 Å². The molecule has 2 aromatic rings. The fraction of sp³-hybridized carbons (Fsp3) is 0.214. The van der Waals surface area contributed by atoms with Gasteiger partial charge in [-0.05, 0) is 18.4 Å². The van der Waals surface area contributed by atoms with Crippen molar-refractivity contribution in [3.05, 3.63) is 48.0 Å². The highest BCUT2D eigenvalue weighted by Crippen LogP contribution is 2.19. The van der Waals surface area contributed by atoms with Crippen LogP contribution in [0.2, 0.25) is 0 Å². The van der Waals surface area contributed by atoms with E-state index in [2.05, 4.69) is 32.3 Å². The third-order valence-corrected chi connectivity index (χ3v) is 2.67. The first-order valence-electron chi connectivity index (χ1n) is 5.92. The summed E-state index contributed by atoms with van der Waals surface area (Å²) in [4.78, 5) is 15.6. The molecule has 0 aliphatic carbocycles. The minimum Gasteiger partial charge on any atom is -0.344 e. The molecule has 2 N–H and O–H groups in total. The van der Waals surface area contributed by atoms with Crippen LogP contribution < -0.4 is 5.32 Å². The van der Waals surface area contributed by atoms with Crippen LogP contribution in [0.1, 0.15) is 24.2 Å². The summed E-state index contributed by atoms with van der Waals surface area (Å²) in [5.74, 6) is 5.39. The van der Waals surface area contributed by atoms with Crippen molar-refractivity contribution in [2.24, 2.45) is 0 Å². The maximum absolute atomic E-state index is 11.4. The Labute approximate surface area is 111 Å². The second-order valence-corrected chi connectivity index (χ2v) is 3.92. The molecule has 1 unspecified atom stereocenters.